The molecule has 1 heterocycles. The molecule has 0 radical (unpaired) electrons. The molecule has 0 bridgehead atoms. The molecule has 0 spiro atoms. The number of amides is 2. The molecule has 4 heteroatoms. The van der Waals surface area contributed by atoms with Gasteiger partial charge in [0.15, 0.2) is 0 Å². The highest BCUT2D eigenvalue weighted by Gasteiger charge is 2.37. The molecule has 1 saturated heterocycles. The minimum absolute atomic E-state index is 0.0334. The molecule has 0 aromatic heterocycles. The second-order valence-electron chi connectivity index (χ2n) is 4.78. The van der Waals surface area contributed by atoms with E-state index in [0.717, 1.165) is 19.4 Å². The lowest BCUT2D eigenvalue weighted by Gasteiger charge is -2.14. The van der Waals surface area contributed by atoms with Crippen LogP contribution < -0.4 is 5.32 Å². The minimum Gasteiger partial charge on any atom is -0.305 e. The Bertz CT molecular complexity index is 264. The van der Waals surface area contributed by atoms with Crippen LogP contribution in [0.4, 0.5) is 0 Å². The van der Waals surface area contributed by atoms with Gasteiger partial charge >= 0.3 is 0 Å². The maximum Gasteiger partial charge on any atom is 0.246 e. The first kappa shape index (κ1) is 13.2. The molecule has 0 aliphatic carbocycles. The van der Waals surface area contributed by atoms with Gasteiger partial charge in [0.2, 0.25) is 11.8 Å². The topological polar surface area (TPSA) is 49.4 Å². The van der Waals surface area contributed by atoms with Crippen LogP contribution in [0.25, 0.3) is 0 Å². The molecule has 1 unspecified atom stereocenters. The van der Waals surface area contributed by atoms with Crippen molar-refractivity contribution in [3.05, 3.63) is 0 Å². The monoisotopic (exact) mass is 226 g/mol. The molecule has 4 nitrogen and oxygen atoms in total. The third-order valence-corrected chi connectivity index (χ3v) is 2.80. The van der Waals surface area contributed by atoms with Gasteiger partial charge < -0.3 is 5.32 Å². The molecule has 1 atom stereocenters. The third-order valence-electron chi connectivity index (χ3n) is 2.80. The first-order chi connectivity index (χ1) is 7.56. The van der Waals surface area contributed by atoms with Crippen molar-refractivity contribution in [2.24, 2.45) is 5.92 Å². The zero-order valence-corrected chi connectivity index (χ0v) is 10.5. The Morgan fingerprint density at radius 2 is 2.12 bits per heavy atom. The van der Waals surface area contributed by atoms with E-state index in [2.05, 4.69) is 19.2 Å². The summed E-state index contributed by atoms with van der Waals surface area (Å²) in [5, 5.41) is 3.17. The molecule has 1 N–H and O–H groups in total. The summed E-state index contributed by atoms with van der Waals surface area (Å²) >= 11 is 0. The van der Waals surface area contributed by atoms with Crippen molar-refractivity contribution in [1.29, 1.82) is 0 Å². The van der Waals surface area contributed by atoms with E-state index in [1.165, 1.54) is 4.90 Å². The smallest absolute Gasteiger partial charge is 0.246 e. The number of likely N-dealkylation sites (tertiary alicyclic amines) is 1. The second-order valence-corrected chi connectivity index (χ2v) is 4.78. The van der Waals surface area contributed by atoms with Crippen molar-refractivity contribution >= 4 is 11.8 Å². The van der Waals surface area contributed by atoms with E-state index in [4.69, 9.17) is 0 Å². The van der Waals surface area contributed by atoms with Crippen LogP contribution in [0, 0.1) is 5.92 Å². The van der Waals surface area contributed by atoms with Crippen molar-refractivity contribution in [3.8, 4) is 0 Å². The van der Waals surface area contributed by atoms with Crippen molar-refractivity contribution in [2.75, 3.05) is 13.1 Å². The highest BCUT2D eigenvalue weighted by atomic mass is 16.2. The van der Waals surface area contributed by atoms with E-state index in [9.17, 15) is 9.59 Å². The van der Waals surface area contributed by atoms with Crippen molar-refractivity contribution < 1.29 is 9.59 Å². The number of carbonyl (C=O) groups excluding carboxylic acids is 2. The van der Waals surface area contributed by atoms with E-state index in [0.29, 0.717) is 18.9 Å². The molecule has 1 aliphatic heterocycles. The number of rotatable bonds is 6. The molecule has 0 saturated carbocycles. The summed E-state index contributed by atoms with van der Waals surface area (Å²) in [5.74, 6) is 0.538. The number of nitrogens with zero attached hydrogens (tertiary/aromatic N) is 1. The van der Waals surface area contributed by atoms with E-state index in [-0.39, 0.29) is 17.9 Å². The Morgan fingerprint density at radius 3 is 2.69 bits per heavy atom. The molecule has 1 fully saturated rings. The van der Waals surface area contributed by atoms with Gasteiger partial charge in [-0.2, -0.15) is 0 Å². The Hall–Kier alpha value is -0.900. The van der Waals surface area contributed by atoms with Crippen LogP contribution in [-0.4, -0.2) is 35.8 Å². The number of nitrogens with one attached hydrogen (secondary N) is 1. The molecule has 0 aromatic rings. The van der Waals surface area contributed by atoms with E-state index in [1.807, 2.05) is 6.92 Å². The number of imide groups is 1. The summed E-state index contributed by atoms with van der Waals surface area (Å²) in [7, 11) is 0. The Labute approximate surface area is 97.4 Å². The van der Waals surface area contributed by atoms with E-state index >= 15 is 0 Å². The normalized spacial score (nSPS) is 21.2. The van der Waals surface area contributed by atoms with Gasteiger partial charge in [0.25, 0.3) is 0 Å². The number of hydrogen-bond donors (Lipinski definition) is 1. The van der Waals surface area contributed by atoms with Gasteiger partial charge in [0.05, 0.1) is 12.5 Å². The van der Waals surface area contributed by atoms with Crippen LogP contribution in [0.1, 0.15) is 40.0 Å². The summed E-state index contributed by atoms with van der Waals surface area (Å²) in [5.41, 5.74) is 0. The summed E-state index contributed by atoms with van der Waals surface area (Å²) in [6.07, 6.45) is 2.19. The van der Waals surface area contributed by atoms with Crippen molar-refractivity contribution in [3.63, 3.8) is 0 Å². The zero-order valence-electron chi connectivity index (χ0n) is 10.5. The van der Waals surface area contributed by atoms with Gasteiger partial charge in [0.1, 0.15) is 0 Å². The summed E-state index contributed by atoms with van der Waals surface area (Å²) in [4.78, 5) is 24.8. The summed E-state index contributed by atoms with van der Waals surface area (Å²) < 4.78 is 0. The van der Waals surface area contributed by atoms with Crippen molar-refractivity contribution in [2.45, 2.75) is 46.1 Å². The SMILES string of the molecule is CCCN1C(=O)CC(NCCC(C)C)C1=O. The quantitative estimate of drug-likeness (QED) is 0.691. The lowest BCUT2D eigenvalue weighted by molar-refractivity contribution is -0.138. The highest BCUT2D eigenvalue weighted by molar-refractivity contribution is 6.05. The van der Waals surface area contributed by atoms with Crippen LogP contribution in [0.2, 0.25) is 0 Å². The number of carbonyl (C=O) groups is 2. The predicted molar refractivity (Wildman–Crippen MR) is 62.9 cm³/mol. The Morgan fingerprint density at radius 1 is 1.44 bits per heavy atom. The van der Waals surface area contributed by atoms with Crippen LogP contribution >= 0.6 is 0 Å². The fourth-order valence-electron chi connectivity index (χ4n) is 1.85. The largest absolute Gasteiger partial charge is 0.305 e. The second kappa shape index (κ2) is 5.99. The highest BCUT2D eigenvalue weighted by Crippen LogP contribution is 2.13. The van der Waals surface area contributed by atoms with Crippen LogP contribution in [0.3, 0.4) is 0 Å². The van der Waals surface area contributed by atoms with Gasteiger partial charge in [-0.1, -0.05) is 20.8 Å². The van der Waals surface area contributed by atoms with Crippen LogP contribution in [0.5, 0.6) is 0 Å². The average Bonchev–Trinajstić information content (AvgIpc) is 2.46. The molecule has 16 heavy (non-hydrogen) atoms. The summed E-state index contributed by atoms with van der Waals surface area (Å²) in [6.45, 7) is 7.63. The maximum atomic E-state index is 11.8. The van der Waals surface area contributed by atoms with Gasteiger partial charge in [-0.05, 0) is 25.3 Å². The van der Waals surface area contributed by atoms with Gasteiger partial charge in [-0.25, -0.2) is 0 Å². The molecular formula is C12H22N2O2. The first-order valence-corrected chi connectivity index (χ1v) is 6.13. The predicted octanol–water partition coefficient (Wildman–Crippen LogP) is 1.16. The van der Waals surface area contributed by atoms with Crippen LogP contribution in [-0.2, 0) is 9.59 Å². The molecule has 92 valence electrons. The maximum absolute atomic E-state index is 11.8. The third kappa shape index (κ3) is 3.30. The number of hydrogen-bond acceptors (Lipinski definition) is 3. The first-order valence-electron chi connectivity index (χ1n) is 6.13. The lowest BCUT2D eigenvalue weighted by Crippen LogP contribution is -2.39. The minimum atomic E-state index is -0.280. The zero-order chi connectivity index (χ0) is 12.1. The van der Waals surface area contributed by atoms with Gasteiger partial charge in [0, 0.05) is 6.54 Å². The molecule has 0 aromatic carbocycles. The van der Waals surface area contributed by atoms with Crippen LogP contribution in [0.15, 0.2) is 0 Å². The lowest BCUT2D eigenvalue weighted by atomic mass is 10.1. The Balaban J connectivity index is 2.40. The Kier molecular flexibility index (Phi) is 4.93. The van der Waals surface area contributed by atoms with E-state index in [1.54, 1.807) is 0 Å². The average molecular weight is 226 g/mol. The van der Waals surface area contributed by atoms with Gasteiger partial charge in [-0.15, -0.1) is 0 Å². The van der Waals surface area contributed by atoms with E-state index < -0.39 is 0 Å². The fourth-order valence-corrected chi connectivity index (χ4v) is 1.85. The summed E-state index contributed by atoms with van der Waals surface area (Å²) in [6, 6.07) is -0.280. The standard InChI is InChI=1S/C12H22N2O2/c1-4-7-14-11(15)8-10(12(14)16)13-6-5-9(2)3/h9-10,13H,4-8H2,1-3H3. The van der Waals surface area contributed by atoms with Crippen molar-refractivity contribution in [1.82, 2.24) is 10.2 Å². The molecule has 1 rings (SSSR count). The molecule has 1 aliphatic rings. The molecular weight excluding hydrogens is 204 g/mol. The fraction of sp³-hybridized carbons (Fsp3) is 0.833. The molecule has 2 amide bonds. The van der Waals surface area contributed by atoms with Gasteiger partial charge in [-0.3, -0.25) is 14.5 Å².